The molecule has 1 aliphatic carbocycles. The lowest BCUT2D eigenvalue weighted by Crippen LogP contribution is -2.44. The first kappa shape index (κ1) is 23.4. The normalized spacial score (nSPS) is 23.4. The number of nitrogens with zero attached hydrogens (tertiary/aromatic N) is 2. The van der Waals surface area contributed by atoms with E-state index in [1.54, 1.807) is 7.11 Å². The maximum Gasteiger partial charge on any atom is 0.258 e. The molecule has 3 aliphatic rings. The maximum absolute atomic E-state index is 13.6. The minimum Gasteiger partial charge on any atom is -0.497 e. The van der Waals surface area contributed by atoms with E-state index < -0.39 is 0 Å². The third-order valence-electron chi connectivity index (χ3n) is 7.61. The Morgan fingerprint density at radius 3 is 2.50 bits per heavy atom. The number of hydrogen-bond acceptors (Lipinski definition) is 5. The van der Waals surface area contributed by atoms with Gasteiger partial charge < -0.3 is 24.4 Å². The zero-order chi connectivity index (χ0) is 22.3. The molecular formula is C26H40N2O4. The fourth-order valence-corrected chi connectivity index (χ4v) is 5.76. The van der Waals surface area contributed by atoms with Gasteiger partial charge in [-0.25, -0.2) is 0 Å². The van der Waals surface area contributed by atoms with Gasteiger partial charge in [0, 0.05) is 38.3 Å². The Morgan fingerprint density at radius 1 is 1.03 bits per heavy atom. The SMILES string of the molecule is COc1ccc(OC2CCN(C3CCCC3)CC2)c(C(=O)N2CCCC[C@H]2CCCO)c1. The predicted octanol–water partition coefficient (Wildman–Crippen LogP) is 4.25. The van der Waals surface area contributed by atoms with Gasteiger partial charge in [0.15, 0.2) is 0 Å². The Bertz CT molecular complexity index is 741. The molecule has 0 bridgehead atoms. The first-order chi connectivity index (χ1) is 15.7. The molecule has 32 heavy (non-hydrogen) atoms. The minimum absolute atomic E-state index is 0.0323. The molecule has 0 unspecified atom stereocenters. The third-order valence-corrected chi connectivity index (χ3v) is 7.61. The Kier molecular flexibility index (Phi) is 8.31. The van der Waals surface area contributed by atoms with Crippen LogP contribution in [-0.4, -0.2) is 72.4 Å². The Labute approximate surface area is 192 Å². The van der Waals surface area contributed by atoms with Gasteiger partial charge in [-0.3, -0.25) is 4.79 Å². The number of amides is 1. The van der Waals surface area contributed by atoms with Crippen LogP contribution in [0.5, 0.6) is 11.5 Å². The van der Waals surface area contributed by atoms with Crippen molar-refractivity contribution in [1.29, 1.82) is 0 Å². The number of aliphatic hydroxyl groups is 1. The topological polar surface area (TPSA) is 62.2 Å². The fourth-order valence-electron chi connectivity index (χ4n) is 5.76. The molecule has 2 heterocycles. The molecule has 2 saturated heterocycles. The quantitative estimate of drug-likeness (QED) is 0.650. The van der Waals surface area contributed by atoms with Crippen molar-refractivity contribution in [2.45, 2.75) is 88.8 Å². The van der Waals surface area contributed by atoms with Crippen molar-refractivity contribution in [1.82, 2.24) is 9.80 Å². The van der Waals surface area contributed by atoms with Gasteiger partial charge in [-0.15, -0.1) is 0 Å². The molecule has 3 fully saturated rings. The number of piperidine rings is 2. The summed E-state index contributed by atoms with van der Waals surface area (Å²) in [7, 11) is 1.63. The van der Waals surface area contributed by atoms with Crippen LogP contribution in [0.25, 0.3) is 0 Å². The van der Waals surface area contributed by atoms with Crippen molar-refractivity contribution in [2.75, 3.05) is 33.4 Å². The molecule has 1 N–H and O–H groups in total. The van der Waals surface area contributed by atoms with Crippen LogP contribution in [0.15, 0.2) is 18.2 Å². The number of aliphatic hydroxyl groups excluding tert-OH is 1. The van der Waals surface area contributed by atoms with Crippen molar-refractivity contribution < 1.29 is 19.4 Å². The zero-order valence-corrected chi connectivity index (χ0v) is 19.6. The van der Waals surface area contributed by atoms with Gasteiger partial charge in [0.25, 0.3) is 5.91 Å². The first-order valence-corrected chi connectivity index (χ1v) is 12.7. The van der Waals surface area contributed by atoms with Crippen molar-refractivity contribution in [2.24, 2.45) is 0 Å². The highest BCUT2D eigenvalue weighted by atomic mass is 16.5. The lowest BCUT2D eigenvalue weighted by Gasteiger charge is -2.37. The van der Waals surface area contributed by atoms with Crippen LogP contribution in [-0.2, 0) is 0 Å². The molecule has 178 valence electrons. The van der Waals surface area contributed by atoms with Crippen molar-refractivity contribution >= 4 is 5.91 Å². The van der Waals surface area contributed by atoms with Crippen LogP contribution in [0.1, 0.15) is 81.0 Å². The number of rotatable bonds is 8. The number of carbonyl (C=O) groups excluding carboxylic acids is 1. The highest BCUT2D eigenvalue weighted by Crippen LogP contribution is 2.32. The van der Waals surface area contributed by atoms with Crippen molar-refractivity contribution in [3.8, 4) is 11.5 Å². The summed E-state index contributed by atoms with van der Waals surface area (Å²) in [5.41, 5.74) is 0.610. The van der Waals surface area contributed by atoms with E-state index >= 15 is 0 Å². The minimum atomic E-state index is 0.0323. The summed E-state index contributed by atoms with van der Waals surface area (Å²) >= 11 is 0. The van der Waals surface area contributed by atoms with Crippen LogP contribution < -0.4 is 9.47 Å². The summed E-state index contributed by atoms with van der Waals surface area (Å²) in [6.07, 6.45) is 12.4. The monoisotopic (exact) mass is 444 g/mol. The number of likely N-dealkylation sites (tertiary alicyclic amines) is 2. The van der Waals surface area contributed by atoms with E-state index in [0.29, 0.717) is 17.1 Å². The summed E-state index contributed by atoms with van der Waals surface area (Å²) < 4.78 is 11.9. The molecular weight excluding hydrogens is 404 g/mol. The smallest absolute Gasteiger partial charge is 0.258 e. The molecule has 1 aromatic rings. The first-order valence-electron chi connectivity index (χ1n) is 12.7. The molecule has 1 aromatic carbocycles. The molecule has 0 aromatic heterocycles. The summed E-state index contributed by atoms with van der Waals surface area (Å²) in [5, 5.41) is 9.28. The van der Waals surface area contributed by atoms with Gasteiger partial charge in [-0.05, 0) is 76.0 Å². The molecule has 6 nitrogen and oxygen atoms in total. The fraction of sp³-hybridized carbons (Fsp3) is 0.731. The second kappa shape index (κ2) is 11.4. The van der Waals surface area contributed by atoms with Gasteiger partial charge in [0.1, 0.15) is 17.6 Å². The van der Waals surface area contributed by atoms with Gasteiger partial charge in [0.2, 0.25) is 0 Å². The molecule has 0 radical (unpaired) electrons. The van der Waals surface area contributed by atoms with Crippen LogP contribution in [0.3, 0.4) is 0 Å². The maximum atomic E-state index is 13.6. The van der Waals surface area contributed by atoms with Crippen LogP contribution >= 0.6 is 0 Å². The van der Waals surface area contributed by atoms with Crippen LogP contribution in [0.2, 0.25) is 0 Å². The summed E-state index contributed by atoms with van der Waals surface area (Å²) in [6, 6.07) is 6.59. The standard InChI is InChI=1S/C26H40N2O4/c1-31-23-11-12-25(32-22-13-16-27(17-14-22)20-7-2-3-8-20)24(19-23)26(30)28-15-5-4-9-21(28)10-6-18-29/h11-12,19-22,29H,2-10,13-18H2,1H3/t21-/m0/s1. The number of carbonyl (C=O) groups is 1. The van der Waals surface area contributed by atoms with Crippen molar-refractivity contribution in [3.63, 3.8) is 0 Å². The lowest BCUT2D eigenvalue weighted by atomic mass is 9.96. The van der Waals surface area contributed by atoms with E-state index in [2.05, 4.69) is 4.90 Å². The van der Waals surface area contributed by atoms with E-state index in [4.69, 9.17) is 9.47 Å². The highest BCUT2D eigenvalue weighted by molar-refractivity contribution is 5.97. The average molecular weight is 445 g/mol. The van der Waals surface area contributed by atoms with E-state index in [9.17, 15) is 9.90 Å². The van der Waals surface area contributed by atoms with Crippen molar-refractivity contribution in [3.05, 3.63) is 23.8 Å². The molecule has 6 heteroatoms. The van der Waals surface area contributed by atoms with Gasteiger partial charge >= 0.3 is 0 Å². The molecule has 4 rings (SSSR count). The summed E-state index contributed by atoms with van der Waals surface area (Å²) in [6.45, 7) is 3.12. The Hall–Kier alpha value is -1.79. The number of ether oxygens (including phenoxy) is 2. The van der Waals surface area contributed by atoms with E-state index in [1.807, 2.05) is 23.1 Å². The second-order valence-corrected chi connectivity index (χ2v) is 9.67. The molecule has 1 saturated carbocycles. The van der Waals surface area contributed by atoms with Crippen LogP contribution in [0.4, 0.5) is 0 Å². The average Bonchev–Trinajstić information content (AvgIpc) is 3.38. The predicted molar refractivity (Wildman–Crippen MR) is 125 cm³/mol. The summed E-state index contributed by atoms with van der Waals surface area (Å²) in [4.78, 5) is 18.3. The Balaban J connectivity index is 1.45. The third kappa shape index (κ3) is 5.57. The molecule has 2 aliphatic heterocycles. The van der Waals surface area contributed by atoms with Crippen LogP contribution in [0, 0.1) is 0 Å². The van der Waals surface area contributed by atoms with E-state index in [-0.39, 0.29) is 24.7 Å². The van der Waals surface area contributed by atoms with Gasteiger partial charge in [-0.2, -0.15) is 0 Å². The number of methoxy groups -OCH3 is 1. The summed E-state index contributed by atoms with van der Waals surface area (Å²) in [5.74, 6) is 1.40. The van der Waals surface area contributed by atoms with E-state index in [1.165, 1.54) is 25.7 Å². The molecule has 1 amide bonds. The lowest BCUT2D eigenvalue weighted by molar-refractivity contribution is 0.0566. The zero-order valence-electron chi connectivity index (χ0n) is 19.6. The number of hydrogen-bond donors (Lipinski definition) is 1. The molecule has 1 atom stereocenters. The number of benzene rings is 1. The largest absolute Gasteiger partial charge is 0.497 e. The Morgan fingerprint density at radius 2 is 1.78 bits per heavy atom. The molecule has 0 spiro atoms. The van der Waals surface area contributed by atoms with Gasteiger partial charge in [0.05, 0.1) is 12.7 Å². The van der Waals surface area contributed by atoms with Gasteiger partial charge in [-0.1, -0.05) is 12.8 Å². The highest BCUT2D eigenvalue weighted by Gasteiger charge is 2.31. The second-order valence-electron chi connectivity index (χ2n) is 9.67. The van der Waals surface area contributed by atoms with E-state index in [0.717, 1.165) is 70.6 Å².